The van der Waals surface area contributed by atoms with Crippen LogP contribution in [0.15, 0.2) is 30.3 Å². The lowest BCUT2D eigenvalue weighted by molar-refractivity contribution is 0.0270. The van der Waals surface area contributed by atoms with Gasteiger partial charge < -0.3 is 9.64 Å². The van der Waals surface area contributed by atoms with Crippen molar-refractivity contribution in [1.82, 2.24) is 4.90 Å². The number of rotatable bonds is 1. The monoisotopic (exact) mass is 273 g/mol. The number of ether oxygens (including phenoxy) is 1. The molecule has 1 heterocycles. The summed E-state index contributed by atoms with van der Waals surface area (Å²) in [6.45, 7) is 9.10. The highest BCUT2D eigenvalue weighted by Crippen LogP contribution is 2.23. The SMILES string of the molecule is Cc1ccc(C2=CCN(C(=O)OC(C)(C)C)CC2)cc1. The zero-order valence-corrected chi connectivity index (χ0v) is 12.8. The Balaban J connectivity index is 2.00. The highest BCUT2D eigenvalue weighted by Gasteiger charge is 2.23. The predicted octanol–water partition coefficient (Wildman–Crippen LogP) is 4.02. The van der Waals surface area contributed by atoms with Crippen molar-refractivity contribution >= 4 is 11.7 Å². The van der Waals surface area contributed by atoms with Crippen molar-refractivity contribution in [2.24, 2.45) is 0 Å². The molecule has 3 nitrogen and oxygen atoms in total. The minimum atomic E-state index is -0.433. The smallest absolute Gasteiger partial charge is 0.410 e. The topological polar surface area (TPSA) is 29.5 Å². The second-order valence-electron chi connectivity index (χ2n) is 6.27. The van der Waals surface area contributed by atoms with Gasteiger partial charge in [-0.1, -0.05) is 35.9 Å². The average Bonchev–Trinajstić information content (AvgIpc) is 2.38. The second kappa shape index (κ2) is 5.70. The summed E-state index contributed by atoms with van der Waals surface area (Å²) >= 11 is 0. The molecule has 0 bridgehead atoms. The molecule has 0 saturated carbocycles. The predicted molar refractivity (Wildman–Crippen MR) is 81.6 cm³/mol. The first-order valence-electron chi connectivity index (χ1n) is 7.09. The first-order valence-corrected chi connectivity index (χ1v) is 7.09. The second-order valence-corrected chi connectivity index (χ2v) is 6.27. The summed E-state index contributed by atoms with van der Waals surface area (Å²) in [5, 5.41) is 0. The van der Waals surface area contributed by atoms with E-state index in [1.54, 1.807) is 4.90 Å². The molecule has 2 rings (SSSR count). The van der Waals surface area contributed by atoms with Crippen LogP contribution in [0, 0.1) is 6.92 Å². The first-order chi connectivity index (χ1) is 9.35. The molecule has 0 atom stereocenters. The number of hydrogen-bond donors (Lipinski definition) is 0. The number of carbonyl (C=O) groups is 1. The van der Waals surface area contributed by atoms with Gasteiger partial charge in [0.05, 0.1) is 0 Å². The first kappa shape index (κ1) is 14.6. The maximum absolute atomic E-state index is 12.0. The molecule has 1 amide bonds. The lowest BCUT2D eigenvalue weighted by Gasteiger charge is -2.29. The fourth-order valence-corrected chi connectivity index (χ4v) is 2.19. The van der Waals surface area contributed by atoms with Gasteiger partial charge in [0, 0.05) is 13.1 Å². The van der Waals surface area contributed by atoms with Crippen molar-refractivity contribution in [1.29, 1.82) is 0 Å². The summed E-state index contributed by atoms with van der Waals surface area (Å²) in [6, 6.07) is 8.53. The van der Waals surface area contributed by atoms with E-state index in [-0.39, 0.29) is 6.09 Å². The van der Waals surface area contributed by atoms with E-state index in [1.165, 1.54) is 16.7 Å². The molecule has 0 N–H and O–H groups in total. The Morgan fingerprint density at radius 1 is 1.20 bits per heavy atom. The summed E-state index contributed by atoms with van der Waals surface area (Å²) in [6.07, 6.45) is 2.78. The third kappa shape index (κ3) is 3.86. The summed E-state index contributed by atoms with van der Waals surface area (Å²) in [5.74, 6) is 0. The molecule has 0 fully saturated rings. The third-order valence-electron chi connectivity index (χ3n) is 3.28. The van der Waals surface area contributed by atoms with Gasteiger partial charge in [0.1, 0.15) is 5.60 Å². The van der Waals surface area contributed by atoms with Crippen LogP contribution < -0.4 is 0 Å². The Labute approximate surface area is 121 Å². The van der Waals surface area contributed by atoms with Crippen LogP contribution in [0.25, 0.3) is 5.57 Å². The minimum absolute atomic E-state index is 0.225. The number of benzene rings is 1. The van der Waals surface area contributed by atoms with Crippen molar-refractivity contribution in [3.63, 3.8) is 0 Å². The Kier molecular flexibility index (Phi) is 4.17. The molecular formula is C17H23NO2. The number of carbonyl (C=O) groups excluding carboxylic acids is 1. The van der Waals surface area contributed by atoms with E-state index in [4.69, 9.17) is 4.74 Å². The van der Waals surface area contributed by atoms with Crippen molar-refractivity contribution in [2.45, 2.75) is 39.7 Å². The molecule has 108 valence electrons. The van der Waals surface area contributed by atoms with E-state index >= 15 is 0 Å². The van der Waals surface area contributed by atoms with Crippen LogP contribution >= 0.6 is 0 Å². The highest BCUT2D eigenvalue weighted by molar-refractivity contribution is 5.72. The molecule has 1 aliphatic rings. The minimum Gasteiger partial charge on any atom is -0.444 e. The summed E-state index contributed by atoms with van der Waals surface area (Å²) < 4.78 is 5.39. The molecule has 3 heteroatoms. The van der Waals surface area contributed by atoms with E-state index in [2.05, 4.69) is 37.3 Å². The lowest BCUT2D eigenvalue weighted by Crippen LogP contribution is -2.39. The summed E-state index contributed by atoms with van der Waals surface area (Å²) in [5.41, 5.74) is 3.39. The molecule has 1 aliphatic heterocycles. The van der Waals surface area contributed by atoms with E-state index < -0.39 is 5.60 Å². The quantitative estimate of drug-likeness (QED) is 0.773. The van der Waals surface area contributed by atoms with Gasteiger partial charge in [-0.15, -0.1) is 0 Å². The Morgan fingerprint density at radius 3 is 2.35 bits per heavy atom. The van der Waals surface area contributed by atoms with Crippen molar-refractivity contribution < 1.29 is 9.53 Å². The van der Waals surface area contributed by atoms with E-state index in [0.717, 1.165) is 6.42 Å². The molecule has 1 aromatic carbocycles. The van der Waals surface area contributed by atoms with Gasteiger partial charge in [0.2, 0.25) is 0 Å². The van der Waals surface area contributed by atoms with Crippen LogP contribution in [0.3, 0.4) is 0 Å². The number of nitrogens with zero attached hydrogens (tertiary/aromatic N) is 1. The lowest BCUT2D eigenvalue weighted by atomic mass is 9.99. The molecule has 0 radical (unpaired) electrons. The van der Waals surface area contributed by atoms with Gasteiger partial charge in [-0.3, -0.25) is 0 Å². The van der Waals surface area contributed by atoms with Crippen LogP contribution in [-0.2, 0) is 4.74 Å². The van der Waals surface area contributed by atoms with Crippen LogP contribution in [0.2, 0.25) is 0 Å². The third-order valence-corrected chi connectivity index (χ3v) is 3.28. The summed E-state index contributed by atoms with van der Waals surface area (Å²) in [7, 11) is 0. The van der Waals surface area contributed by atoms with Gasteiger partial charge in [-0.05, 0) is 45.3 Å². The average molecular weight is 273 g/mol. The van der Waals surface area contributed by atoms with Crippen LogP contribution in [0.4, 0.5) is 4.79 Å². The van der Waals surface area contributed by atoms with Gasteiger partial charge in [-0.2, -0.15) is 0 Å². The van der Waals surface area contributed by atoms with E-state index in [1.807, 2.05) is 20.8 Å². The molecule has 20 heavy (non-hydrogen) atoms. The van der Waals surface area contributed by atoms with E-state index in [9.17, 15) is 4.79 Å². The number of aryl methyl sites for hydroxylation is 1. The largest absolute Gasteiger partial charge is 0.444 e. The highest BCUT2D eigenvalue weighted by atomic mass is 16.6. The molecule has 0 unspecified atom stereocenters. The number of amides is 1. The molecule has 0 spiro atoms. The van der Waals surface area contributed by atoms with Crippen molar-refractivity contribution in [3.8, 4) is 0 Å². The standard InChI is InChI=1S/C17H23NO2/c1-13-5-7-14(8-6-13)15-9-11-18(12-10-15)16(19)20-17(2,3)4/h5-9H,10-12H2,1-4H3. The normalized spacial score (nSPS) is 15.8. The van der Waals surface area contributed by atoms with Crippen LogP contribution in [0.5, 0.6) is 0 Å². The Bertz CT molecular complexity index is 509. The zero-order valence-electron chi connectivity index (χ0n) is 12.8. The fourth-order valence-electron chi connectivity index (χ4n) is 2.19. The number of hydrogen-bond acceptors (Lipinski definition) is 2. The molecule has 0 aliphatic carbocycles. The van der Waals surface area contributed by atoms with Gasteiger partial charge in [-0.25, -0.2) is 4.79 Å². The Hall–Kier alpha value is -1.77. The molecular weight excluding hydrogens is 250 g/mol. The molecule has 0 saturated heterocycles. The van der Waals surface area contributed by atoms with Crippen LogP contribution in [0.1, 0.15) is 38.3 Å². The van der Waals surface area contributed by atoms with Gasteiger partial charge in [0.15, 0.2) is 0 Å². The van der Waals surface area contributed by atoms with E-state index in [0.29, 0.717) is 13.1 Å². The van der Waals surface area contributed by atoms with Gasteiger partial charge in [0.25, 0.3) is 0 Å². The summed E-state index contributed by atoms with van der Waals surface area (Å²) in [4.78, 5) is 13.7. The molecule has 0 aromatic heterocycles. The maximum atomic E-state index is 12.0. The Morgan fingerprint density at radius 2 is 1.85 bits per heavy atom. The molecule has 1 aromatic rings. The van der Waals surface area contributed by atoms with Crippen LogP contribution in [-0.4, -0.2) is 29.7 Å². The van der Waals surface area contributed by atoms with Gasteiger partial charge >= 0.3 is 6.09 Å². The van der Waals surface area contributed by atoms with Crippen molar-refractivity contribution in [2.75, 3.05) is 13.1 Å². The fraction of sp³-hybridized carbons (Fsp3) is 0.471. The van der Waals surface area contributed by atoms with Crippen molar-refractivity contribution in [3.05, 3.63) is 41.5 Å². The maximum Gasteiger partial charge on any atom is 0.410 e. The zero-order chi connectivity index (χ0) is 14.8.